The highest BCUT2D eigenvalue weighted by Crippen LogP contribution is 2.12. The molecule has 1 rings (SSSR count). The number of aromatic nitrogens is 1. The first-order valence-corrected chi connectivity index (χ1v) is 5.35. The van der Waals surface area contributed by atoms with Gasteiger partial charge < -0.3 is 10.6 Å². The fourth-order valence-corrected chi connectivity index (χ4v) is 1.35. The quantitative estimate of drug-likeness (QED) is 0.842. The number of halogens is 3. The molecule has 0 aliphatic heterocycles. The first kappa shape index (κ1) is 14.4. The zero-order valence-electron chi connectivity index (χ0n) is 9.79. The van der Waals surface area contributed by atoms with Crippen molar-refractivity contribution in [2.24, 2.45) is 0 Å². The lowest BCUT2D eigenvalue weighted by Gasteiger charge is -2.14. The monoisotopic (exact) mass is 261 g/mol. The summed E-state index contributed by atoms with van der Waals surface area (Å²) in [5.41, 5.74) is 0.842. The number of nitrogens with one attached hydrogen (secondary N) is 2. The van der Waals surface area contributed by atoms with Gasteiger partial charge in [-0.25, -0.2) is 0 Å². The van der Waals surface area contributed by atoms with Crippen molar-refractivity contribution in [3.05, 3.63) is 30.1 Å². The topological polar surface area (TPSA) is 54.0 Å². The Bertz CT molecular complexity index is 381. The number of rotatable bonds is 5. The first-order chi connectivity index (χ1) is 8.38. The highest BCUT2D eigenvalue weighted by Gasteiger charge is 2.26. The second kappa shape index (κ2) is 6.34. The Morgan fingerprint density at radius 1 is 1.39 bits per heavy atom. The molecule has 0 fully saturated rings. The fraction of sp³-hybridized carbons (Fsp3) is 0.455. The van der Waals surface area contributed by atoms with E-state index in [2.05, 4.69) is 10.3 Å². The Balaban J connectivity index is 2.32. The van der Waals surface area contributed by atoms with Gasteiger partial charge in [-0.1, -0.05) is 0 Å². The minimum Gasteiger partial charge on any atom is -0.348 e. The molecule has 0 saturated heterocycles. The second-order valence-electron chi connectivity index (χ2n) is 3.79. The van der Waals surface area contributed by atoms with Gasteiger partial charge in [0.15, 0.2) is 0 Å². The largest absolute Gasteiger partial charge is 0.401 e. The number of carbonyl (C=O) groups is 1. The van der Waals surface area contributed by atoms with Crippen LogP contribution in [0, 0.1) is 0 Å². The van der Waals surface area contributed by atoms with Gasteiger partial charge in [-0.2, -0.15) is 13.2 Å². The maximum atomic E-state index is 11.8. The Morgan fingerprint density at radius 3 is 2.56 bits per heavy atom. The van der Waals surface area contributed by atoms with Crippen LogP contribution in [0.25, 0.3) is 0 Å². The highest BCUT2D eigenvalue weighted by molar-refractivity contribution is 5.78. The summed E-state index contributed by atoms with van der Waals surface area (Å²) in [5, 5.41) is 4.62. The van der Waals surface area contributed by atoms with Gasteiger partial charge in [-0.15, -0.1) is 0 Å². The summed E-state index contributed by atoms with van der Waals surface area (Å²) in [6, 6.07) is 3.19. The van der Waals surface area contributed by atoms with Gasteiger partial charge >= 0.3 is 6.18 Å². The molecule has 100 valence electrons. The average molecular weight is 261 g/mol. The summed E-state index contributed by atoms with van der Waals surface area (Å²) >= 11 is 0. The van der Waals surface area contributed by atoms with Crippen LogP contribution < -0.4 is 10.6 Å². The molecule has 0 bridgehead atoms. The minimum absolute atomic E-state index is 0.270. The molecule has 7 heteroatoms. The minimum atomic E-state index is -4.31. The van der Waals surface area contributed by atoms with Crippen LogP contribution in [0.2, 0.25) is 0 Å². The van der Waals surface area contributed by atoms with Gasteiger partial charge in [0, 0.05) is 12.4 Å². The third kappa shape index (κ3) is 5.62. The molecule has 0 aromatic carbocycles. The van der Waals surface area contributed by atoms with Crippen LogP contribution in [-0.2, 0) is 4.79 Å². The summed E-state index contributed by atoms with van der Waals surface area (Å²) in [6.45, 7) is 0.204. The molecule has 1 atom stereocenters. The molecule has 1 aromatic rings. The molecule has 0 saturated carbocycles. The van der Waals surface area contributed by atoms with Crippen LogP contribution >= 0.6 is 0 Å². The van der Waals surface area contributed by atoms with Gasteiger partial charge in [0.05, 0.1) is 19.1 Å². The predicted molar refractivity (Wildman–Crippen MR) is 59.7 cm³/mol. The Morgan fingerprint density at radius 2 is 2.00 bits per heavy atom. The van der Waals surface area contributed by atoms with Gasteiger partial charge in [0.25, 0.3) is 0 Å². The van der Waals surface area contributed by atoms with Crippen LogP contribution in [0.3, 0.4) is 0 Å². The molecule has 0 aliphatic rings. The van der Waals surface area contributed by atoms with Crippen molar-refractivity contribution in [1.82, 2.24) is 15.6 Å². The van der Waals surface area contributed by atoms with Crippen LogP contribution in [0.4, 0.5) is 13.2 Å². The van der Waals surface area contributed by atoms with E-state index in [1.165, 1.54) is 0 Å². The second-order valence-corrected chi connectivity index (χ2v) is 3.79. The number of amides is 1. The Hall–Kier alpha value is -1.63. The predicted octanol–water partition coefficient (Wildman–Crippen LogP) is 1.41. The molecular weight excluding hydrogens is 247 g/mol. The third-order valence-corrected chi connectivity index (χ3v) is 2.19. The third-order valence-electron chi connectivity index (χ3n) is 2.19. The molecule has 0 radical (unpaired) electrons. The van der Waals surface area contributed by atoms with E-state index in [9.17, 15) is 18.0 Å². The van der Waals surface area contributed by atoms with Gasteiger partial charge in [-0.05, 0) is 24.6 Å². The van der Waals surface area contributed by atoms with Gasteiger partial charge in [-0.3, -0.25) is 9.78 Å². The summed E-state index contributed by atoms with van der Waals surface area (Å²) in [7, 11) is 0. The maximum Gasteiger partial charge on any atom is 0.401 e. The zero-order chi connectivity index (χ0) is 13.6. The number of carbonyl (C=O) groups excluding carboxylic acids is 1. The summed E-state index contributed by atoms with van der Waals surface area (Å²) < 4.78 is 35.5. The van der Waals surface area contributed by atoms with Crippen molar-refractivity contribution in [2.75, 3.05) is 13.1 Å². The first-order valence-electron chi connectivity index (χ1n) is 5.35. The van der Waals surface area contributed by atoms with Crippen LogP contribution in [-0.4, -0.2) is 30.2 Å². The fourth-order valence-electron chi connectivity index (χ4n) is 1.35. The van der Waals surface area contributed by atoms with Crippen molar-refractivity contribution < 1.29 is 18.0 Å². The standard InChI is InChI=1S/C11H14F3N3O/c1-8(9-2-4-15-5-3-9)17-10(18)6-16-7-11(12,13)14/h2-5,8,16H,6-7H2,1H3,(H,17,18)/t8-/m0/s1. The molecule has 0 aliphatic carbocycles. The molecule has 1 aromatic heterocycles. The van der Waals surface area contributed by atoms with E-state index >= 15 is 0 Å². The molecule has 0 unspecified atom stereocenters. The lowest BCUT2D eigenvalue weighted by molar-refractivity contribution is -0.128. The summed E-state index contributed by atoms with van der Waals surface area (Å²) in [6.07, 6.45) is -1.14. The molecule has 18 heavy (non-hydrogen) atoms. The van der Waals surface area contributed by atoms with Crippen LogP contribution in [0.15, 0.2) is 24.5 Å². The molecule has 0 spiro atoms. The maximum absolute atomic E-state index is 11.8. The van der Waals surface area contributed by atoms with Gasteiger partial charge in [0.1, 0.15) is 0 Å². The molecule has 4 nitrogen and oxygen atoms in total. The van der Waals surface area contributed by atoms with E-state index in [-0.39, 0.29) is 12.6 Å². The molecule has 2 N–H and O–H groups in total. The van der Waals surface area contributed by atoms with E-state index in [0.717, 1.165) is 5.56 Å². The lowest BCUT2D eigenvalue weighted by atomic mass is 10.1. The average Bonchev–Trinajstić information content (AvgIpc) is 2.28. The van der Waals surface area contributed by atoms with Gasteiger partial charge in [0.2, 0.25) is 5.91 Å². The summed E-state index contributed by atoms with van der Waals surface area (Å²) in [4.78, 5) is 15.2. The van der Waals surface area contributed by atoms with Crippen LogP contribution in [0.1, 0.15) is 18.5 Å². The van der Waals surface area contributed by atoms with E-state index in [0.29, 0.717) is 0 Å². The molecule has 1 amide bonds. The van der Waals surface area contributed by atoms with Crippen molar-refractivity contribution >= 4 is 5.91 Å². The van der Waals surface area contributed by atoms with Crippen LogP contribution in [0.5, 0.6) is 0 Å². The van der Waals surface area contributed by atoms with E-state index in [4.69, 9.17) is 0 Å². The van der Waals surface area contributed by atoms with Crippen molar-refractivity contribution in [3.8, 4) is 0 Å². The van der Waals surface area contributed by atoms with E-state index in [1.807, 2.05) is 5.32 Å². The van der Waals surface area contributed by atoms with Crippen molar-refractivity contribution in [2.45, 2.75) is 19.1 Å². The summed E-state index contributed by atoms with van der Waals surface area (Å²) in [5.74, 6) is -0.483. The molecule has 1 heterocycles. The highest BCUT2D eigenvalue weighted by atomic mass is 19.4. The zero-order valence-corrected chi connectivity index (χ0v) is 9.79. The SMILES string of the molecule is C[C@H](NC(=O)CNCC(F)(F)F)c1ccncc1. The van der Waals surface area contributed by atoms with Crippen molar-refractivity contribution in [3.63, 3.8) is 0 Å². The number of hydrogen-bond donors (Lipinski definition) is 2. The number of hydrogen-bond acceptors (Lipinski definition) is 3. The Kier molecular flexibility index (Phi) is 5.08. The smallest absolute Gasteiger partial charge is 0.348 e. The van der Waals surface area contributed by atoms with E-state index in [1.54, 1.807) is 31.5 Å². The van der Waals surface area contributed by atoms with E-state index < -0.39 is 18.6 Å². The normalized spacial score (nSPS) is 13.1. The number of alkyl halides is 3. The molecular formula is C11H14F3N3O. The lowest BCUT2D eigenvalue weighted by Crippen LogP contribution is -2.39. The number of pyridine rings is 1. The van der Waals surface area contributed by atoms with Crippen molar-refractivity contribution in [1.29, 1.82) is 0 Å². The number of nitrogens with zero attached hydrogens (tertiary/aromatic N) is 1. The Labute approximate surface area is 103 Å².